The number of benzene rings is 2. The summed E-state index contributed by atoms with van der Waals surface area (Å²) in [4.78, 5) is 23.7. The van der Waals surface area contributed by atoms with Crippen molar-refractivity contribution in [3.05, 3.63) is 59.7 Å². The highest BCUT2D eigenvalue weighted by atomic mass is 16.5. The second-order valence-corrected chi connectivity index (χ2v) is 7.25. The molecule has 2 rings (SSSR count). The molecule has 6 heteroatoms. The summed E-state index contributed by atoms with van der Waals surface area (Å²) in [5.74, 6) is -0.761. The first kappa shape index (κ1) is 21.0. The second-order valence-electron chi connectivity index (χ2n) is 7.25. The quantitative estimate of drug-likeness (QED) is 0.584. The Bertz CT molecular complexity index is 863. The van der Waals surface area contributed by atoms with Crippen LogP contribution < -0.4 is 10.1 Å². The number of nitrogens with one attached hydrogen (secondary N) is 1. The minimum absolute atomic E-state index is 0.00873. The van der Waals surface area contributed by atoms with Crippen molar-refractivity contribution < 1.29 is 24.2 Å². The van der Waals surface area contributed by atoms with Gasteiger partial charge in [-0.2, -0.15) is 0 Å². The summed E-state index contributed by atoms with van der Waals surface area (Å²) in [5, 5.41) is 12.2. The van der Waals surface area contributed by atoms with Gasteiger partial charge in [0.2, 0.25) is 0 Å². The summed E-state index contributed by atoms with van der Waals surface area (Å²) >= 11 is 0. The molecule has 0 aliphatic rings. The predicted octanol–water partition coefficient (Wildman–Crippen LogP) is 3.89. The van der Waals surface area contributed by atoms with Gasteiger partial charge in [-0.3, -0.25) is 4.79 Å². The summed E-state index contributed by atoms with van der Waals surface area (Å²) in [6.45, 7) is 5.95. The van der Waals surface area contributed by atoms with Crippen LogP contribution in [0.5, 0.6) is 11.5 Å². The number of anilines is 1. The van der Waals surface area contributed by atoms with Crippen molar-refractivity contribution in [3.8, 4) is 11.5 Å². The second kappa shape index (κ2) is 9.08. The number of hydrogen-bond acceptors (Lipinski definition) is 5. The fourth-order valence-corrected chi connectivity index (χ4v) is 2.40. The number of amides is 1. The fraction of sp³-hybridized carbons (Fsp3) is 0.273. The van der Waals surface area contributed by atoms with Gasteiger partial charge in [0.15, 0.2) is 18.1 Å². The van der Waals surface area contributed by atoms with E-state index in [4.69, 9.17) is 9.47 Å². The Hall–Kier alpha value is -3.28. The highest BCUT2D eigenvalue weighted by Crippen LogP contribution is 2.26. The monoisotopic (exact) mass is 383 g/mol. The predicted molar refractivity (Wildman–Crippen MR) is 108 cm³/mol. The van der Waals surface area contributed by atoms with Crippen molar-refractivity contribution in [2.24, 2.45) is 0 Å². The molecule has 0 saturated carbocycles. The van der Waals surface area contributed by atoms with Crippen LogP contribution in [0, 0.1) is 0 Å². The van der Waals surface area contributed by atoms with E-state index in [1.807, 2.05) is 24.3 Å². The molecule has 0 saturated heterocycles. The third-order valence-corrected chi connectivity index (χ3v) is 4.00. The van der Waals surface area contributed by atoms with Gasteiger partial charge in [-0.1, -0.05) is 39.0 Å². The molecule has 0 heterocycles. The van der Waals surface area contributed by atoms with Gasteiger partial charge < -0.3 is 19.9 Å². The van der Waals surface area contributed by atoms with Gasteiger partial charge in [-0.05, 0) is 46.9 Å². The molecule has 2 aromatic carbocycles. The average Bonchev–Trinajstić information content (AvgIpc) is 2.65. The van der Waals surface area contributed by atoms with Gasteiger partial charge in [0.05, 0.1) is 7.11 Å². The molecule has 2 N–H and O–H groups in total. The van der Waals surface area contributed by atoms with E-state index >= 15 is 0 Å². The summed E-state index contributed by atoms with van der Waals surface area (Å²) in [6.07, 6.45) is 2.71. The van der Waals surface area contributed by atoms with Gasteiger partial charge in [-0.15, -0.1) is 0 Å². The molecular formula is C22H25NO5. The van der Waals surface area contributed by atoms with E-state index in [-0.39, 0.29) is 17.8 Å². The third kappa shape index (κ3) is 6.16. The van der Waals surface area contributed by atoms with Crippen molar-refractivity contribution in [2.45, 2.75) is 26.2 Å². The van der Waals surface area contributed by atoms with E-state index in [2.05, 4.69) is 26.1 Å². The van der Waals surface area contributed by atoms with Crippen LogP contribution in [0.15, 0.2) is 48.5 Å². The molecule has 0 unspecified atom stereocenters. The molecule has 0 fully saturated rings. The molecule has 0 radical (unpaired) electrons. The lowest BCUT2D eigenvalue weighted by molar-refractivity contribution is -0.142. The number of hydrogen-bond donors (Lipinski definition) is 2. The van der Waals surface area contributed by atoms with E-state index < -0.39 is 11.9 Å². The summed E-state index contributed by atoms with van der Waals surface area (Å²) in [6, 6.07) is 12.2. The van der Waals surface area contributed by atoms with Gasteiger partial charge in [0.1, 0.15) is 0 Å². The number of phenols is 1. The van der Waals surface area contributed by atoms with Crippen LogP contribution >= 0.6 is 0 Å². The van der Waals surface area contributed by atoms with E-state index in [9.17, 15) is 14.7 Å². The molecule has 0 spiro atoms. The molecule has 6 nitrogen and oxygen atoms in total. The van der Waals surface area contributed by atoms with E-state index in [1.165, 1.54) is 25.3 Å². The Morgan fingerprint density at radius 2 is 1.79 bits per heavy atom. The van der Waals surface area contributed by atoms with Gasteiger partial charge >= 0.3 is 5.97 Å². The summed E-state index contributed by atoms with van der Waals surface area (Å²) < 4.78 is 9.94. The zero-order valence-electron chi connectivity index (χ0n) is 16.5. The van der Waals surface area contributed by atoms with Crippen molar-refractivity contribution in [2.75, 3.05) is 19.0 Å². The highest BCUT2D eigenvalue weighted by Gasteiger charge is 2.13. The number of ether oxygens (including phenoxy) is 2. The average molecular weight is 383 g/mol. The van der Waals surface area contributed by atoms with Crippen molar-refractivity contribution in [1.29, 1.82) is 0 Å². The van der Waals surface area contributed by atoms with Crippen molar-refractivity contribution in [3.63, 3.8) is 0 Å². The minimum atomic E-state index is -0.648. The van der Waals surface area contributed by atoms with Crippen LogP contribution in [-0.4, -0.2) is 30.7 Å². The molecule has 0 bridgehead atoms. The van der Waals surface area contributed by atoms with Gasteiger partial charge in [0, 0.05) is 11.8 Å². The number of aromatic hydroxyl groups is 1. The maximum absolute atomic E-state index is 11.9. The lowest BCUT2D eigenvalue weighted by Gasteiger charge is -2.19. The van der Waals surface area contributed by atoms with Crippen LogP contribution in [0.4, 0.5) is 5.69 Å². The molecule has 0 atom stereocenters. The van der Waals surface area contributed by atoms with E-state index in [0.717, 1.165) is 5.56 Å². The number of carbonyl (C=O) groups excluding carboxylic acids is 2. The molecule has 148 valence electrons. The summed E-state index contributed by atoms with van der Waals surface area (Å²) in [5.41, 5.74) is 2.48. The zero-order valence-corrected chi connectivity index (χ0v) is 16.5. The largest absolute Gasteiger partial charge is 0.504 e. The van der Waals surface area contributed by atoms with Crippen LogP contribution in [0.1, 0.15) is 31.9 Å². The van der Waals surface area contributed by atoms with E-state index in [0.29, 0.717) is 17.0 Å². The van der Waals surface area contributed by atoms with Gasteiger partial charge in [-0.25, -0.2) is 4.79 Å². The minimum Gasteiger partial charge on any atom is -0.504 e. The lowest BCUT2D eigenvalue weighted by Crippen LogP contribution is -2.20. The van der Waals surface area contributed by atoms with Crippen LogP contribution in [0.25, 0.3) is 6.08 Å². The van der Waals surface area contributed by atoms with Crippen molar-refractivity contribution >= 4 is 23.6 Å². The maximum atomic E-state index is 11.9. The smallest absolute Gasteiger partial charge is 0.331 e. The third-order valence-electron chi connectivity index (χ3n) is 4.00. The number of carbonyl (C=O) groups is 2. The van der Waals surface area contributed by atoms with E-state index in [1.54, 1.807) is 12.1 Å². The summed E-state index contributed by atoms with van der Waals surface area (Å²) in [7, 11) is 1.44. The first-order valence-electron chi connectivity index (χ1n) is 8.81. The molecule has 0 aliphatic carbocycles. The molecule has 0 aromatic heterocycles. The SMILES string of the molecule is COc1cc(/C=C/C(=O)OCC(=O)Nc2ccc(C(C)(C)C)cc2)ccc1O. The molecule has 2 aromatic rings. The molecular weight excluding hydrogens is 358 g/mol. The number of rotatable bonds is 6. The maximum Gasteiger partial charge on any atom is 0.331 e. The van der Waals surface area contributed by atoms with Crippen LogP contribution in [-0.2, 0) is 19.7 Å². The standard InChI is InChI=1S/C22H25NO5/c1-22(2,3)16-7-9-17(10-8-16)23-20(25)14-28-21(26)12-6-15-5-11-18(24)19(13-15)27-4/h5-13,24H,14H2,1-4H3,(H,23,25)/b12-6+. The molecule has 28 heavy (non-hydrogen) atoms. The lowest BCUT2D eigenvalue weighted by atomic mass is 9.87. The number of esters is 1. The first-order valence-corrected chi connectivity index (χ1v) is 8.81. The Morgan fingerprint density at radius 3 is 2.39 bits per heavy atom. The zero-order chi connectivity index (χ0) is 20.7. The first-order chi connectivity index (χ1) is 13.2. The van der Waals surface area contributed by atoms with Gasteiger partial charge in [0.25, 0.3) is 5.91 Å². The Kier molecular flexibility index (Phi) is 6.82. The topological polar surface area (TPSA) is 84.9 Å². The number of phenolic OH excluding ortho intramolecular Hbond substituents is 1. The fourth-order valence-electron chi connectivity index (χ4n) is 2.40. The van der Waals surface area contributed by atoms with Crippen molar-refractivity contribution in [1.82, 2.24) is 0 Å². The Morgan fingerprint density at radius 1 is 1.11 bits per heavy atom. The Balaban J connectivity index is 1.84. The molecule has 0 aliphatic heterocycles. The number of methoxy groups -OCH3 is 1. The normalized spacial score (nSPS) is 11.3. The van der Waals surface area contributed by atoms with Crippen LogP contribution in [0.3, 0.4) is 0 Å². The molecule has 1 amide bonds. The highest BCUT2D eigenvalue weighted by molar-refractivity contribution is 5.94. The van der Waals surface area contributed by atoms with Crippen LogP contribution in [0.2, 0.25) is 0 Å². The Labute approximate surface area is 164 Å².